The summed E-state index contributed by atoms with van der Waals surface area (Å²) >= 11 is 6.00. The lowest BCUT2D eigenvalue weighted by molar-refractivity contribution is -0.118. The topological polar surface area (TPSA) is 67.9 Å². The minimum atomic E-state index is -0.400. The molecule has 1 fully saturated rings. The zero-order valence-electron chi connectivity index (χ0n) is 16.5. The number of carbonyl (C=O) groups excluding carboxylic acids is 2. The van der Waals surface area contributed by atoms with Gasteiger partial charge in [-0.15, -0.1) is 0 Å². The molecule has 4 rings (SSSR count). The van der Waals surface area contributed by atoms with Gasteiger partial charge >= 0.3 is 0 Å². The molecule has 2 heterocycles. The molecule has 2 aromatic carbocycles. The molecule has 0 aromatic heterocycles. The minimum absolute atomic E-state index is 0.0154. The van der Waals surface area contributed by atoms with Crippen LogP contribution in [0.4, 0.5) is 10.1 Å². The zero-order chi connectivity index (χ0) is 21.3. The van der Waals surface area contributed by atoms with Crippen molar-refractivity contribution in [2.45, 2.75) is 19.8 Å². The second-order valence-corrected chi connectivity index (χ2v) is 8.03. The minimum Gasteiger partial charge on any atom is -0.492 e. The zero-order valence-corrected chi connectivity index (χ0v) is 17.3. The molecule has 6 nitrogen and oxygen atoms in total. The summed E-state index contributed by atoms with van der Waals surface area (Å²) < 4.78 is 24.3. The molecule has 2 aliphatic rings. The van der Waals surface area contributed by atoms with E-state index in [4.69, 9.17) is 21.1 Å². The molecule has 8 heteroatoms. The van der Waals surface area contributed by atoms with Crippen molar-refractivity contribution >= 4 is 29.1 Å². The van der Waals surface area contributed by atoms with Crippen LogP contribution in [0.15, 0.2) is 30.3 Å². The summed E-state index contributed by atoms with van der Waals surface area (Å²) in [6, 6.07) is 7.55. The normalized spacial score (nSPS) is 16.5. The van der Waals surface area contributed by atoms with E-state index in [-0.39, 0.29) is 29.4 Å². The largest absolute Gasteiger partial charge is 0.492 e. The summed E-state index contributed by atoms with van der Waals surface area (Å²) in [6.07, 6.45) is 1.60. The SMILES string of the molecule is Cc1cc2c(cc1C(=O)N1CCC(COc3ccc(F)cc3Cl)CC1)NC(=O)CO2. The Morgan fingerprint density at radius 2 is 2.07 bits per heavy atom. The number of carbonyl (C=O) groups is 2. The number of nitrogens with one attached hydrogen (secondary N) is 1. The molecule has 0 bridgehead atoms. The lowest BCUT2D eigenvalue weighted by atomic mass is 9.96. The predicted octanol–water partition coefficient (Wildman–Crippen LogP) is 4.05. The summed E-state index contributed by atoms with van der Waals surface area (Å²) in [6.45, 7) is 3.54. The molecule has 1 N–H and O–H groups in total. The highest BCUT2D eigenvalue weighted by atomic mass is 35.5. The van der Waals surface area contributed by atoms with Gasteiger partial charge in [-0.1, -0.05) is 11.6 Å². The maximum absolute atomic E-state index is 13.1. The first-order chi connectivity index (χ1) is 14.4. The molecule has 0 radical (unpaired) electrons. The highest BCUT2D eigenvalue weighted by Gasteiger charge is 2.27. The Balaban J connectivity index is 1.35. The van der Waals surface area contributed by atoms with Gasteiger partial charge in [-0.25, -0.2) is 4.39 Å². The van der Waals surface area contributed by atoms with Gasteiger partial charge < -0.3 is 19.7 Å². The fourth-order valence-electron chi connectivity index (χ4n) is 3.73. The van der Waals surface area contributed by atoms with E-state index >= 15 is 0 Å². The van der Waals surface area contributed by atoms with Crippen LogP contribution in [0, 0.1) is 18.7 Å². The molecule has 0 atom stereocenters. The summed E-state index contributed by atoms with van der Waals surface area (Å²) in [7, 11) is 0. The van der Waals surface area contributed by atoms with Gasteiger partial charge in [-0.05, 0) is 61.6 Å². The van der Waals surface area contributed by atoms with Gasteiger partial charge in [0, 0.05) is 18.7 Å². The van der Waals surface area contributed by atoms with Gasteiger partial charge in [0.1, 0.15) is 17.3 Å². The van der Waals surface area contributed by atoms with E-state index in [1.54, 1.807) is 12.1 Å². The van der Waals surface area contributed by atoms with Gasteiger partial charge in [-0.3, -0.25) is 9.59 Å². The number of fused-ring (bicyclic) bond motifs is 1. The van der Waals surface area contributed by atoms with Gasteiger partial charge in [0.05, 0.1) is 17.3 Å². The number of anilines is 1. The van der Waals surface area contributed by atoms with Crippen molar-refractivity contribution in [3.05, 3.63) is 52.3 Å². The number of piperidine rings is 1. The van der Waals surface area contributed by atoms with Crippen LogP contribution >= 0.6 is 11.6 Å². The Labute approximate surface area is 178 Å². The number of hydrogen-bond acceptors (Lipinski definition) is 4. The van der Waals surface area contributed by atoms with Crippen molar-refractivity contribution in [3.8, 4) is 11.5 Å². The number of amides is 2. The lowest BCUT2D eigenvalue weighted by Gasteiger charge is -2.32. The maximum atomic E-state index is 13.1. The molecule has 158 valence electrons. The average Bonchev–Trinajstić information content (AvgIpc) is 2.73. The molecule has 0 aliphatic carbocycles. The van der Waals surface area contributed by atoms with Crippen LogP contribution in [0.1, 0.15) is 28.8 Å². The van der Waals surface area contributed by atoms with Gasteiger partial charge in [-0.2, -0.15) is 0 Å². The van der Waals surface area contributed by atoms with E-state index in [0.717, 1.165) is 18.4 Å². The van der Waals surface area contributed by atoms with Crippen molar-refractivity contribution < 1.29 is 23.5 Å². The second kappa shape index (κ2) is 8.52. The first kappa shape index (κ1) is 20.5. The van der Waals surface area contributed by atoms with Crippen LogP contribution in [-0.4, -0.2) is 43.0 Å². The molecule has 0 unspecified atom stereocenters. The molecule has 2 amide bonds. The van der Waals surface area contributed by atoms with Crippen LogP contribution in [0.2, 0.25) is 5.02 Å². The fourth-order valence-corrected chi connectivity index (χ4v) is 3.95. The summed E-state index contributed by atoms with van der Waals surface area (Å²) in [5.41, 5.74) is 1.90. The average molecular weight is 433 g/mol. The summed E-state index contributed by atoms with van der Waals surface area (Å²) in [5.74, 6) is 0.641. The maximum Gasteiger partial charge on any atom is 0.262 e. The third kappa shape index (κ3) is 4.36. The predicted molar refractivity (Wildman–Crippen MR) is 111 cm³/mol. The Morgan fingerprint density at radius 3 is 2.80 bits per heavy atom. The van der Waals surface area contributed by atoms with Crippen LogP contribution in [0.25, 0.3) is 0 Å². The van der Waals surface area contributed by atoms with E-state index in [0.29, 0.717) is 42.4 Å². The Morgan fingerprint density at radius 1 is 1.30 bits per heavy atom. The third-order valence-electron chi connectivity index (χ3n) is 5.46. The van der Waals surface area contributed by atoms with Gasteiger partial charge in [0.15, 0.2) is 6.61 Å². The summed E-state index contributed by atoms with van der Waals surface area (Å²) in [4.78, 5) is 26.4. The molecular formula is C22H22ClFN2O4. The monoisotopic (exact) mass is 432 g/mol. The number of ether oxygens (including phenoxy) is 2. The van der Waals surface area contributed by atoms with Crippen LogP contribution in [0.5, 0.6) is 11.5 Å². The second-order valence-electron chi connectivity index (χ2n) is 7.62. The number of nitrogens with zero attached hydrogens (tertiary/aromatic N) is 1. The molecular weight excluding hydrogens is 411 g/mol. The van der Waals surface area contributed by atoms with Crippen LogP contribution in [-0.2, 0) is 4.79 Å². The highest BCUT2D eigenvalue weighted by molar-refractivity contribution is 6.32. The molecule has 2 aromatic rings. The Bertz CT molecular complexity index is 989. The third-order valence-corrected chi connectivity index (χ3v) is 5.76. The van der Waals surface area contributed by atoms with E-state index in [1.165, 1.54) is 18.2 Å². The number of hydrogen-bond donors (Lipinski definition) is 1. The molecule has 0 saturated carbocycles. The van der Waals surface area contributed by atoms with Gasteiger partial charge in [0.2, 0.25) is 0 Å². The Hall–Kier alpha value is -2.80. The first-order valence-electron chi connectivity index (χ1n) is 9.85. The van der Waals surface area contributed by atoms with Crippen molar-refractivity contribution in [3.63, 3.8) is 0 Å². The van der Waals surface area contributed by atoms with E-state index < -0.39 is 5.82 Å². The molecule has 1 saturated heterocycles. The van der Waals surface area contributed by atoms with Crippen LogP contribution < -0.4 is 14.8 Å². The number of rotatable bonds is 4. The summed E-state index contributed by atoms with van der Waals surface area (Å²) in [5, 5.41) is 3.00. The first-order valence-corrected chi connectivity index (χ1v) is 10.2. The van der Waals surface area contributed by atoms with E-state index in [9.17, 15) is 14.0 Å². The van der Waals surface area contributed by atoms with Crippen molar-refractivity contribution in [1.29, 1.82) is 0 Å². The molecule has 30 heavy (non-hydrogen) atoms. The number of halogens is 2. The molecule has 2 aliphatic heterocycles. The van der Waals surface area contributed by atoms with Gasteiger partial charge in [0.25, 0.3) is 11.8 Å². The molecule has 0 spiro atoms. The van der Waals surface area contributed by atoms with E-state index in [2.05, 4.69) is 5.32 Å². The number of benzene rings is 2. The highest BCUT2D eigenvalue weighted by Crippen LogP contribution is 2.32. The lowest BCUT2D eigenvalue weighted by Crippen LogP contribution is -2.40. The smallest absolute Gasteiger partial charge is 0.262 e. The number of likely N-dealkylation sites (tertiary alicyclic amines) is 1. The fraction of sp³-hybridized carbons (Fsp3) is 0.364. The van der Waals surface area contributed by atoms with E-state index in [1.807, 2.05) is 11.8 Å². The van der Waals surface area contributed by atoms with Crippen molar-refractivity contribution in [1.82, 2.24) is 4.90 Å². The van der Waals surface area contributed by atoms with Crippen LogP contribution in [0.3, 0.4) is 0 Å². The van der Waals surface area contributed by atoms with Crippen molar-refractivity contribution in [2.75, 3.05) is 31.6 Å². The quantitative estimate of drug-likeness (QED) is 0.791. The standard InChI is InChI=1S/C22H22ClFN2O4/c1-13-8-20-18(25-21(27)12-30-20)10-16(13)22(28)26-6-4-14(5-7-26)11-29-19-3-2-15(24)9-17(19)23/h2-3,8-10,14H,4-7,11-12H2,1H3,(H,25,27). The number of aryl methyl sites for hydroxylation is 1. The Kier molecular flexibility index (Phi) is 5.81. The van der Waals surface area contributed by atoms with Crippen molar-refractivity contribution in [2.24, 2.45) is 5.92 Å².